The molecule has 7 nitrogen and oxygen atoms in total. The van der Waals surface area contributed by atoms with Gasteiger partial charge in [-0.05, 0) is 24.6 Å². The van der Waals surface area contributed by atoms with Crippen molar-refractivity contribution in [2.24, 2.45) is 10.4 Å². The van der Waals surface area contributed by atoms with E-state index in [9.17, 15) is 9.18 Å². The van der Waals surface area contributed by atoms with E-state index in [1.165, 1.54) is 12.1 Å². The molecular weight excluding hydrogens is 385 g/mol. The van der Waals surface area contributed by atoms with Gasteiger partial charge in [-0.25, -0.2) is 4.39 Å². The second-order valence-corrected chi connectivity index (χ2v) is 8.37. The van der Waals surface area contributed by atoms with E-state index in [1.54, 1.807) is 0 Å². The maximum absolute atomic E-state index is 13.4. The Morgan fingerprint density at radius 2 is 1.77 bits per heavy atom. The topological polar surface area (TPSA) is 78.0 Å². The van der Waals surface area contributed by atoms with E-state index >= 15 is 0 Å². The Morgan fingerprint density at radius 1 is 1.13 bits per heavy atom. The molecule has 2 rings (SSSR count). The second kappa shape index (κ2) is 11.9. The third kappa shape index (κ3) is 7.91. The number of nitrogens with one attached hydrogen (secondary N) is 3. The van der Waals surface area contributed by atoms with E-state index in [-0.39, 0.29) is 17.8 Å². The first-order chi connectivity index (χ1) is 14.3. The van der Waals surface area contributed by atoms with Crippen molar-refractivity contribution in [3.05, 3.63) is 35.6 Å². The van der Waals surface area contributed by atoms with E-state index in [4.69, 9.17) is 9.73 Å². The van der Waals surface area contributed by atoms with E-state index < -0.39 is 5.41 Å². The molecule has 1 aromatic rings. The van der Waals surface area contributed by atoms with E-state index in [0.29, 0.717) is 38.8 Å². The lowest BCUT2D eigenvalue weighted by molar-refractivity contribution is -0.128. The maximum Gasteiger partial charge on any atom is 0.225 e. The number of ether oxygens (including phenoxy) is 1. The predicted octanol–water partition coefficient (Wildman–Crippen LogP) is 1.92. The summed E-state index contributed by atoms with van der Waals surface area (Å²) in [6.45, 7) is 13.1. The number of rotatable bonds is 8. The van der Waals surface area contributed by atoms with Gasteiger partial charge in [0.05, 0.1) is 25.8 Å². The fourth-order valence-corrected chi connectivity index (χ4v) is 3.15. The van der Waals surface area contributed by atoms with Crippen molar-refractivity contribution in [3.63, 3.8) is 0 Å². The minimum Gasteiger partial charge on any atom is -0.379 e. The van der Waals surface area contributed by atoms with Gasteiger partial charge in [0, 0.05) is 38.1 Å². The quantitative estimate of drug-likeness (QED) is 0.340. The third-order valence-electron chi connectivity index (χ3n) is 4.89. The molecule has 1 saturated heterocycles. The van der Waals surface area contributed by atoms with Crippen LogP contribution in [0.4, 0.5) is 4.39 Å². The Morgan fingerprint density at radius 3 is 2.37 bits per heavy atom. The summed E-state index contributed by atoms with van der Waals surface area (Å²) in [5.41, 5.74) is 0.634. The van der Waals surface area contributed by atoms with Crippen molar-refractivity contribution < 1.29 is 13.9 Å². The highest BCUT2D eigenvalue weighted by molar-refractivity contribution is 5.81. The fourth-order valence-electron chi connectivity index (χ4n) is 3.15. The third-order valence-corrected chi connectivity index (χ3v) is 4.89. The molecule has 0 aliphatic carbocycles. The van der Waals surface area contributed by atoms with Gasteiger partial charge in [-0.1, -0.05) is 32.9 Å². The highest BCUT2D eigenvalue weighted by Gasteiger charge is 2.23. The van der Waals surface area contributed by atoms with E-state index in [1.807, 2.05) is 39.8 Å². The first-order valence-electron chi connectivity index (χ1n) is 10.7. The molecule has 1 aliphatic rings. The normalized spacial score (nSPS) is 16.8. The van der Waals surface area contributed by atoms with Gasteiger partial charge in [-0.2, -0.15) is 0 Å². The lowest BCUT2D eigenvalue weighted by atomic mass is 9.96. The van der Waals surface area contributed by atoms with Gasteiger partial charge in [0.15, 0.2) is 5.96 Å². The smallest absolute Gasteiger partial charge is 0.225 e. The van der Waals surface area contributed by atoms with Crippen molar-refractivity contribution in [1.82, 2.24) is 20.9 Å². The first-order valence-corrected chi connectivity index (χ1v) is 10.7. The lowest BCUT2D eigenvalue weighted by Crippen LogP contribution is -2.44. The molecule has 1 amide bonds. The standard InChI is InChI=1S/C22H36FN5O2/c1-5-24-21(26-11-10-25-20(29)22(2,3)4)27-16-19(28-12-14-30-15-13-28)17-6-8-18(23)9-7-17/h6-9,19H,5,10-16H2,1-4H3,(H,25,29)(H2,24,26,27). The minimum atomic E-state index is -0.404. The molecule has 0 bridgehead atoms. The molecule has 0 spiro atoms. The Hall–Kier alpha value is -2.19. The van der Waals surface area contributed by atoms with Crippen molar-refractivity contribution in [2.75, 3.05) is 52.5 Å². The van der Waals surface area contributed by atoms with Crippen molar-refractivity contribution in [1.29, 1.82) is 0 Å². The van der Waals surface area contributed by atoms with Gasteiger partial charge < -0.3 is 20.7 Å². The van der Waals surface area contributed by atoms with Gasteiger partial charge in [-0.3, -0.25) is 14.7 Å². The molecular formula is C22H36FN5O2. The molecule has 1 fully saturated rings. The predicted molar refractivity (Wildman–Crippen MR) is 118 cm³/mol. The molecule has 1 heterocycles. The van der Waals surface area contributed by atoms with Gasteiger partial charge in [0.2, 0.25) is 5.91 Å². The molecule has 1 unspecified atom stereocenters. The molecule has 8 heteroatoms. The number of hydrogen-bond acceptors (Lipinski definition) is 4. The van der Waals surface area contributed by atoms with Gasteiger partial charge in [0.1, 0.15) is 5.82 Å². The van der Waals surface area contributed by atoms with Crippen molar-refractivity contribution in [3.8, 4) is 0 Å². The summed E-state index contributed by atoms with van der Waals surface area (Å²) in [5, 5.41) is 9.44. The number of carbonyl (C=O) groups excluding carboxylic acids is 1. The number of carbonyl (C=O) groups is 1. The number of guanidine groups is 1. The van der Waals surface area contributed by atoms with Gasteiger partial charge in [0.25, 0.3) is 0 Å². The van der Waals surface area contributed by atoms with Crippen LogP contribution in [0.5, 0.6) is 0 Å². The summed E-state index contributed by atoms with van der Waals surface area (Å²) in [6.07, 6.45) is 0. The average molecular weight is 422 g/mol. The van der Waals surface area contributed by atoms with Crippen LogP contribution in [0.25, 0.3) is 0 Å². The molecule has 3 N–H and O–H groups in total. The molecule has 0 radical (unpaired) electrons. The number of amides is 1. The zero-order valence-corrected chi connectivity index (χ0v) is 18.6. The van der Waals surface area contributed by atoms with Crippen LogP contribution in [-0.4, -0.2) is 69.2 Å². The minimum absolute atomic E-state index is 0.0231. The van der Waals surface area contributed by atoms with Crippen LogP contribution in [0.2, 0.25) is 0 Å². The molecule has 0 saturated carbocycles. The maximum atomic E-state index is 13.4. The van der Waals surface area contributed by atoms with Gasteiger partial charge >= 0.3 is 0 Å². The number of benzene rings is 1. The van der Waals surface area contributed by atoms with Crippen LogP contribution in [0, 0.1) is 11.2 Å². The van der Waals surface area contributed by atoms with Crippen LogP contribution in [0.15, 0.2) is 29.3 Å². The van der Waals surface area contributed by atoms with Crippen molar-refractivity contribution in [2.45, 2.75) is 33.7 Å². The molecule has 30 heavy (non-hydrogen) atoms. The highest BCUT2D eigenvalue weighted by atomic mass is 19.1. The van der Waals surface area contributed by atoms with E-state index in [0.717, 1.165) is 25.2 Å². The number of halogens is 1. The first kappa shape index (κ1) is 24.1. The second-order valence-electron chi connectivity index (χ2n) is 8.37. The Balaban J connectivity index is 2.00. The molecule has 1 aliphatic heterocycles. The highest BCUT2D eigenvalue weighted by Crippen LogP contribution is 2.22. The summed E-state index contributed by atoms with van der Waals surface area (Å²) >= 11 is 0. The number of nitrogens with zero attached hydrogens (tertiary/aromatic N) is 2. The Labute approximate surface area is 179 Å². The summed E-state index contributed by atoms with van der Waals surface area (Å²) < 4.78 is 18.9. The summed E-state index contributed by atoms with van der Waals surface area (Å²) in [4.78, 5) is 19.1. The Kier molecular flexibility index (Phi) is 9.52. The zero-order chi connectivity index (χ0) is 22.0. The molecule has 0 aromatic heterocycles. The number of hydrogen-bond donors (Lipinski definition) is 3. The van der Waals surface area contributed by atoms with Crippen LogP contribution in [0.3, 0.4) is 0 Å². The van der Waals surface area contributed by atoms with Crippen LogP contribution < -0.4 is 16.0 Å². The zero-order valence-electron chi connectivity index (χ0n) is 18.6. The largest absolute Gasteiger partial charge is 0.379 e. The monoisotopic (exact) mass is 421 g/mol. The van der Waals surface area contributed by atoms with E-state index in [2.05, 4.69) is 20.9 Å². The number of morpholine rings is 1. The van der Waals surface area contributed by atoms with Crippen molar-refractivity contribution >= 4 is 11.9 Å². The van der Waals surface area contributed by atoms with Crippen LogP contribution in [0.1, 0.15) is 39.3 Å². The Bertz CT molecular complexity index is 682. The van der Waals surface area contributed by atoms with Crippen LogP contribution in [-0.2, 0) is 9.53 Å². The summed E-state index contributed by atoms with van der Waals surface area (Å²) in [5.74, 6) is 0.480. The molecule has 1 aromatic carbocycles. The average Bonchev–Trinajstić information content (AvgIpc) is 2.72. The number of aliphatic imine (C=N–C) groups is 1. The lowest BCUT2D eigenvalue weighted by Gasteiger charge is -2.34. The molecule has 1 atom stereocenters. The molecule has 168 valence electrons. The summed E-state index contributed by atoms with van der Waals surface area (Å²) in [6, 6.07) is 6.69. The van der Waals surface area contributed by atoms with Gasteiger partial charge in [-0.15, -0.1) is 0 Å². The summed E-state index contributed by atoms with van der Waals surface area (Å²) in [7, 11) is 0. The fraction of sp³-hybridized carbons (Fsp3) is 0.636. The van der Waals surface area contributed by atoms with Crippen LogP contribution >= 0.6 is 0 Å². The SMILES string of the molecule is CCNC(=NCC(c1ccc(F)cc1)N1CCOCC1)NCCNC(=O)C(C)(C)C.